The fourth-order valence-electron chi connectivity index (χ4n) is 1.62. The standard InChI is InChI=1S/C9H16N2O/c1-2-6-11-9(12)7-4-3-5-8(7)10/h2,7-8H,1,3-6,10H2,(H,11,12). The fourth-order valence-corrected chi connectivity index (χ4v) is 1.62. The van der Waals surface area contributed by atoms with Crippen LogP contribution in [-0.4, -0.2) is 18.5 Å². The van der Waals surface area contributed by atoms with Crippen molar-refractivity contribution in [3.8, 4) is 0 Å². The summed E-state index contributed by atoms with van der Waals surface area (Å²) in [6, 6.07) is 0.0646. The third-order valence-corrected chi connectivity index (χ3v) is 2.33. The summed E-state index contributed by atoms with van der Waals surface area (Å²) in [5.74, 6) is 0.116. The molecule has 1 aliphatic carbocycles. The van der Waals surface area contributed by atoms with Gasteiger partial charge in [0.25, 0.3) is 0 Å². The van der Waals surface area contributed by atoms with Gasteiger partial charge in [-0.3, -0.25) is 4.79 Å². The summed E-state index contributed by atoms with van der Waals surface area (Å²) in [6.07, 6.45) is 4.67. The van der Waals surface area contributed by atoms with Crippen molar-refractivity contribution >= 4 is 5.91 Å². The molecule has 0 radical (unpaired) electrons. The molecule has 0 aromatic heterocycles. The van der Waals surface area contributed by atoms with E-state index >= 15 is 0 Å². The lowest BCUT2D eigenvalue weighted by molar-refractivity contribution is -0.124. The number of rotatable bonds is 3. The lowest BCUT2D eigenvalue weighted by Crippen LogP contribution is -2.38. The highest BCUT2D eigenvalue weighted by molar-refractivity contribution is 5.79. The molecule has 1 fully saturated rings. The van der Waals surface area contributed by atoms with Gasteiger partial charge in [0.05, 0.1) is 5.92 Å². The lowest BCUT2D eigenvalue weighted by Gasteiger charge is -2.13. The molecule has 1 aliphatic rings. The van der Waals surface area contributed by atoms with Crippen LogP contribution in [0, 0.1) is 5.92 Å². The van der Waals surface area contributed by atoms with E-state index in [-0.39, 0.29) is 17.9 Å². The molecule has 0 aromatic carbocycles. The minimum atomic E-state index is 0.0324. The molecule has 2 atom stereocenters. The highest BCUT2D eigenvalue weighted by Gasteiger charge is 2.29. The van der Waals surface area contributed by atoms with Gasteiger partial charge < -0.3 is 11.1 Å². The number of carbonyl (C=O) groups excluding carboxylic acids is 1. The molecule has 0 saturated heterocycles. The first-order chi connectivity index (χ1) is 5.75. The number of nitrogens with one attached hydrogen (secondary N) is 1. The zero-order valence-electron chi connectivity index (χ0n) is 7.25. The van der Waals surface area contributed by atoms with E-state index in [9.17, 15) is 4.79 Å². The molecule has 0 bridgehead atoms. The first kappa shape index (κ1) is 9.26. The van der Waals surface area contributed by atoms with Gasteiger partial charge in [-0.05, 0) is 12.8 Å². The van der Waals surface area contributed by atoms with Gasteiger partial charge in [-0.25, -0.2) is 0 Å². The van der Waals surface area contributed by atoms with E-state index in [0.717, 1.165) is 19.3 Å². The van der Waals surface area contributed by atoms with Gasteiger partial charge in [0.2, 0.25) is 5.91 Å². The average Bonchev–Trinajstić information content (AvgIpc) is 2.47. The Morgan fingerprint density at radius 3 is 2.92 bits per heavy atom. The van der Waals surface area contributed by atoms with E-state index in [4.69, 9.17) is 5.73 Å². The summed E-state index contributed by atoms with van der Waals surface area (Å²) in [5, 5.41) is 2.77. The van der Waals surface area contributed by atoms with Gasteiger partial charge in [0.1, 0.15) is 0 Å². The largest absolute Gasteiger partial charge is 0.352 e. The van der Waals surface area contributed by atoms with Crippen molar-refractivity contribution in [2.45, 2.75) is 25.3 Å². The Labute approximate surface area is 73.0 Å². The highest BCUT2D eigenvalue weighted by atomic mass is 16.1. The number of nitrogens with two attached hydrogens (primary N) is 1. The molecule has 1 rings (SSSR count). The minimum absolute atomic E-state index is 0.0324. The van der Waals surface area contributed by atoms with Crippen molar-refractivity contribution in [3.05, 3.63) is 12.7 Å². The van der Waals surface area contributed by atoms with Crippen LogP contribution >= 0.6 is 0 Å². The van der Waals surface area contributed by atoms with Crippen molar-refractivity contribution in [2.75, 3.05) is 6.54 Å². The van der Waals surface area contributed by atoms with Gasteiger partial charge in [0, 0.05) is 12.6 Å². The summed E-state index contributed by atoms with van der Waals surface area (Å²) >= 11 is 0. The average molecular weight is 168 g/mol. The SMILES string of the molecule is C=CCNC(=O)C1CCCC1N. The fraction of sp³-hybridized carbons (Fsp3) is 0.667. The minimum Gasteiger partial charge on any atom is -0.352 e. The van der Waals surface area contributed by atoms with Gasteiger partial charge in [0.15, 0.2) is 0 Å². The molecule has 1 saturated carbocycles. The Hall–Kier alpha value is -0.830. The monoisotopic (exact) mass is 168 g/mol. The predicted molar refractivity (Wildman–Crippen MR) is 48.5 cm³/mol. The summed E-state index contributed by atoms with van der Waals surface area (Å²) in [4.78, 5) is 11.4. The van der Waals surface area contributed by atoms with Gasteiger partial charge in [-0.1, -0.05) is 12.5 Å². The number of amides is 1. The van der Waals surface area contributed by atoms with Crippen molar-refractivity contribution in [2.24, 2.45) is 11.7 Å². The van der Waals surface area contributed by atoms with E-state index in [0.29, 0.717) is 6.54 Å². The molecule has 12 heavy (non-hydrogen) atoms. The summed E-state index contributed by atoms with van der Waals surface area (Å²) < 4.78 is 0. The van der Waals surface area contributed by atoms with Crippen LogP contribution < -0.4 is 11.1 Å². The molecule has 1 amide bonds. The maximum atomic E-state index is 11.4. The van der Waals surface area contributed by atoms with Crippen LogP contribution in [0.2, 0.25) is 0 Å². The van der Waals surface area contributed by atoms with Crippen LogP contribution in [0.15, 0.2) is 12.7 Å². The molecule has 0 aliphatic heterocycles. The van der Waals surface area contributed by atoms with Crippen LogP contribution in [0.5, 0.6) is 0 Å². The van der Waals surface area contributed by atoms with Crippen LogP contribution in [0.4, 0.5) is 0 Å². The van der Waals surface area contributed by atoms with Crippen molar-refractivity contribution < 1.29 is 4.79 Å². The smallest absolute Gasteiger partial charge is 0.224 e. The van der Waals surface area contributed by atoms with E-state index in [1.165, 1.54) is 0 Å². The number of hydrogen-bond donors (Lipinski definition) is 2. The molecular formula is C9H16N2O. The van der Waals surface area contributed by atoms with E-state index in [1.807, 2.05) is 0 Å². The second-order valence-corrected chi connectivity index (χ2v) is 3.24. The predicted octanol–water partition coefficient (Wildman–Crippen LogP) is 0.416. The van der Waals surface area contributed by atoms with Gasteiger partial charge in [-0.15, -0.1) is 6.58 Å². The first-order valence-corrected chi connectivity index (χ1v) is 4.40. The quantitative estimate of drug-likeness (QED) is 0.600. The molecular weight excluding hydrogens is 152 g/mol. The maximum Gasteiger partial charge on any atom is 0.224 e. The molecule has 0 heterocycles. The van der Waals surface area contributed by atoms with Crippen LogP contribution in [0.25, 0.3) is 0 Å². The zero-order chi connectivity index (χ0) is 8.97. The molecule has 3 heteroatoms. The maximum absolute atomic E-state index is 11.4. The normalized spacial score (nSPS) is 28.4. The lowest BCUT2D eigenvalue weighted by atomic mass is 10.0. The molecule has 3 nitrogen and oxygen atoms in total. The Kier molecular flexibility index (Phi) is 3.29. The summed E-state index contributed by atoms with van der Waals surface area (Å²) in [5.41, 5.74) is 5.76. The second kappa shape index (κ2) is 4.26. The molecule has 0 spiro atoms. The summed E-state index contributed by atoms with van der Waals surface area (Å²) in [6.45, 7) is 4.08. The van der Waals surface area contributed by atoms with Crippen molar-refractivity contribution in [1.82, 2.24) is 5.32 Å². The van der Waals surface area contributed by atoms with Crippen molar-refractivity contribution in [1.29, 1.82) is 0 Å². The number of hydrogen-bond acceptors (Lipinski definition) is 2. The highest BCUT2D eigenvalue weighted by Crippen LogP contribution is 2.23. The van der Waals surface area contributed by atoms with E-state index < -0.39 is 0 Å². The Balaban J connectivity index is 2.35. The van der Waals surface area contributed by atoms with E-state index in [1.54, 1.807) is 6.08 Å². The van der Waals surface area contributed by atoms with Gasteiger partial charge >= 0.3 is 0 Å². The molecule has 2 unspecified atom stereocenters. The Morgan fingerprint density at radius 1 is 1.67 bits per heavy atom. The molecule has 0 aromatic rings. The first-order valence-electron chi connectivity index (χ1n) is 4.40. The number of carbonyl (C=O) groups is 1. The van der Waals surface area contributed by atoms with Crippen molar-refractivity contribution in [3.63, 3.8) is 0 Å². The summed E-state index contributed by atoms with van der Waals surface area (Å²) in [7, 11) is 0. The van der Waals surface area contributed by atoms with Crippen LogP contribution in [-0.2, 0) is 4.79 Å². The topological polar surface area (TPSA) is 55.1 Å². The third kappa shape index (κ3) is 2.08. The van der Waals surface area contributed by atoms with E-state index in [2.05, 4.69) is 11.9 Å². The van der Waals surface area contributed by atoms with Crippen LogP contribution in [0.3, 0.4) is 0 Å². The molecule has 68 valence electrons. The third-order valence-electron chi connectivity index (χ3n) is 2.33. The van der Waals surface area contributed by atoms with Gasteiger partial charge in [-0.2, -0.15) is 0 Å². The van der Waals surface area contributed by atoms with Crippen LogP contribution in [0.1, 0.15) is 19.3 Å². The Morgan fingerprint density at radius 2 is 2.42 bits per heavy atom. The second-order valence-electron chi connectivity index (χ2n) is 3.24. The Bertz CT molecular complexity index is 179. The molecule has 3 N–H and O–H groups in total. The zero-order valence-corrected chi connectivity index (χ0v) is 7.25.